The third-order valence-electron chi connectivity index (χ3n) is 3.57. The van der Waals surface area contributed by atoms with Gasteiger partial charge in [-0.2, -0.15) is 0 Å². The van der Waals surface area contributed by atoms with E-state index in [1.165, 1.54) is 0 Å². The molecule has 0 radical (unpaired) electrons. The summed E-state index contributed by atoms with van der Waals surface area (Å²) in [5.74, 6) is -0.944. The Morgan fingerprint density at radius 3 is 2.71 bits per heavy atom. The van der Waals surface area contributed by atoms with Crippen molar-refractivity contribution in [3.05, 3.63) is 47.0 Å². The van der Waals surface area contributed by atoms with E-state index in [0.717, 1.165) is 23.1 Å². The molecule has 112 valence electrons. The number of amides is 2. The molecule has 0 saturated carbocycles. The lowest BCUT2D eigenvalue weighted by Crippen LogP contribution is -2.44. The van der Waals surface area contributed by atoms with Gasteiger partial charge >= 0.3 is 12.0 Å². The third kappa shape index (κ3) is 3.42. The molecule has 1 N–H and O–H groups in total. The molecule has 1 heterocycles. The maximum atomic E-state index is 12.4. The Morgan fingerprint density at radius 1 is 1.38 bits per heavy atom. The van der Waals surface area contributed by atoms with Crippen molar-refractivity contribution in [3.63, 3.8) is 0 Å². The summed E-state index contributed by atoms with van der Waals surface area (Å²) < 4.78 is 0. The van der Waals surface area contributed by atoms with Crippen LogP contribution < -0.4 is 0 Å². The Bertz CT molecular complexity index is 595. The highest BCUT2D eigenvalue weighted by Gasteiger charge is 2.23. The topological polar surface area (TPSA) is 60.9 Å². The van der Waals surface area contributed by atoms with Gasteiger partial charge in [0.25, 0.3) is 0 Å². The van der Waals surface area contributed by atoms with Gasteiger partial charge in [-0.1, -0.05) is 18.2 Å². The summed E-state index contributed by atoms with van der Waals surface area (Å²) in [6.07, 6.45) is 0.752. The van der Waals surface area contributed by atoms with Gasteiger partial charge < -0.3 is 14.9 Å². The minimum Gasteiger partial charge on any atom is -0.478 e. The normalized spacial score (nSPS) is 13.5. The van der Waals surface area contributed by atoms with Crippen LogP contribution in [0.2, 0.25) is 0 Å². The molecule has 2 amide bonds. The number of hydrogen-bond donors (Lipinski definition) is 1. The van der Waals surface area contributed by atoms with E-state index in [4.69, 9.17) is 5.11 Å². The second kappa shape index (κ2) is 5.99. The summed E-state index contributed by atoms with van der Waals surface area (Å²) in [4.78, 5) is 26.8. The van der Waals surface area contributed by atoms with E-state index in [1.54, 1.807) is 29.0 Å². The molecule has 0 atom stereocenters. The molecule has 0 saturated heterocycles. The van der Waals surface area contributed by atoms with Crippen LogP contribution in [0.4, 0.5) is 4.79 Å². The van der Waals surface area contributed by atoms with Crippen LogP contribution in [0.3, 0.4) is 0 Å². The van der Waals surface area contributed by atoms with Gasteiger partial charge in [-0.05, 0) is 36.6 Å². The lowest BCUT2D eigenvalue weighted by Gasteiger charge is -2.32. The summed E-state index contributed by atoms with van der Waals surface area (Å²) in [6.45, 7) is 7.33. The molecule has 1 aliphatic heterocycles. The van der Waals surface area contributed by atoms with Crippen LogP contribution in [0, 0.1) is 0 Å². The summed E-state index contributed by atoms with van der Waals surface area (Å²) in [5, 5.41) is 9.05. The van der Waals surface area contributed by atoms with Crippen LogP contribution in [0.25, 0.3) is 0 Å². The first-order valence-corrected chi connectivity index (χ1v) is 6.88. The predicted octanol–water partition coefficient (Wildman–Crippen LogP) is 2.37. The van der Waals surface area contributed by atoms with Gasteiger partial charge in [-0.25, -0.2) is 9.59 Å². The quantitative estimate of drug-likeness (QED) is 0.869. The predicted molar refractivity (Wildman–Crippen MR) is 80.4 cm³/mol. The summed E-state index contributed by atoms with van der Waals surface area (Å²) in [7, 11) is 1.75. The van der Waals surface area contributed by atoms with Crippen molar-refractivity contribution in [3.8, 4) is 0 Å². The van der Waals surface area contributed by atoms with E-state index in [9.17, 15) is 9.59 Å². The molecule has 1 aromatic carbocycles. The molecule has 21 heavy (non-hydrogen) atoms. The van der Waals surface area contributed by atoms with Crippen LogP contribution in [0.5, 0.6) is 0 Å². The maximum Gasteiger partial charge on any atom is 0.335 e. The number of likely N-dealkylation sites (N-methyl/N-ethyl adjacent to an activating group) is 1. The Labute approximate surface area is 124 Å². The van der Waals surface area contributed by atoms with Crippen molar-refractivity contribution in [1.29, 1.82) is 0 Å². The van der Waals surface area contributed by atoms with Crippen LogP contribution in [0.15, 0.2) is 30.4 Å². The van der Waals surface area contributed by atoms with Gasteiger partial charge in [-0.15, -0.1) is 0 Å². The number of urea groups is 1. The Morgan fingerprint density at radius 2 is 2.10 bits per heavy atom. The molecule has 5 nitrogen and oxygen atoms in total. The molecular formula is C16H20N2O3. The second-order valence-corrected chi connectivity index (χ2v) is 5.56. The van der Waals surface area contributed by atoms with E-state index < -0.39 is 5.97 Å². The van der Waals surface area contributed by atoms with Gasteiger partial charge in [0.2, 0.25) is 0 Å². The Hall–Kier alpha value is -2.30. The third-order valence-corrected chi connectivity index (χ3v) is 3.57. The molecule has 1 aromatic rings. The molecule has 0 fully saturated rings. The van der Waals surface area contributed by atoms with Crippen molar-refractivity contribution in [2.45, 2.75) is 19.9 Å². The highest BCUT2D eigenvalue weighted by Crippen LogP contribution is 2.21. The molecule has 5 heteroatoms. The minimum atomic E-state index is -0.944. The van der Waals surface area contributed by atoms with Crippen molar-refractivity contribution in [2.24, 2.45) is 0 Å². The number of carbonyl (C=O) groups excluding carboxylic acids is 1. The molecular weight excluding hydrogens is 268 g/mol. The molecule has 0 aliphatic carbocycles. The molecule has 0 aromatic heterocycles. The lowest BCUT2D eigenvalue weighted by atomic mass is 9.97. The van der Waals surface area contributed by atoms with Gasteiger partial charge in [0, 0.05) is 26.7 Å². The highest BCUT2D eigenvalue weighted by atomic mass is 16.4. The van der Waals surface area contributed by atoms with Crippen molar-refractivity contribution in [1.82, 2.24) is 9.80 Å². The fourth-order valence-electron chi connectivity index (χ4n) is 2.57. The number of hydrogen-bond acceptors (Lipinski definition) is 2. The average Bonchev–Trinajstić information content (AvgIpc) is 2.44. The number of carboxylic acid groups (broad SMARTS) is 1. The van der Waals surface area contributed by atoms with Crippen molar-refractivity contribution < 1.29 is 14.7 Å². The van der Waals surface area contributed by atoms with Gasteiger partial charge in [0.15, 0.2) is 0 Å². The Balaban J connectivity index is 2.14. The first-order valence-electron chi connectivity index (χ1n) is 6.88. The summed E-state index contributed by atoms with van der Waals surface area (Å²) >= 11 is 0. The number of rotatable bonds is 3. The summed E-state index contributed by atoms with van der Waals surface area (Å²) in [5.41, 5.74) is 3.22. The van der Waals surface area contributed by atoms with Crippen LogP contribution in [-0.2, 0) is 13.0 Å². The molecule has 0 spiro atoms. The zero-order valence-corrected chi connectivity index (χ0v) is 12.4. The lowest BCUT2D eigenvalue weighted by molar-refractivity contribution is 0.0696. The van der Waals surface area contributed by atoms with Gasteiger partial charge in [-0.3, -0.25) is 0 Å². The van der Waals surface area contributed by atoms with Crippen LogP contribution >= 0.6 is 0 Å². The van der Waals surface area contributed by atoms with Crippen LogP contribution in [-0.4, -0.2) is 47.0 Å². The Kier molecular flexibility index (Phi) is 4.31. The fourth-order valence-corrected chi connectivity index (χ4v) is 2.57. The van der Waals surface area contributed by atoms with Crippen molar-refractivity contribution >= 4 is 12.0 Å². The molecule has 1 aliphatic rings. The number of carboxylic acids is 1. The maximum absolute atomic E-state index is 12.4. The number of benzene rings is 1. The van der Waals surface area contributed by atoms with E-state index in [2.05, 4.69) is 6.58 Å². The van der Waals surface area contributed by atoms with E-state index >= 15 is 0 Å². The monoisotopic (exact) mass is 288 g/mol. The van der Waals surface area contributed by atoms with Gasteiger partial charge in [0.05, 0.1) is 5.56 Å². The first-order chi connectivity index (χ1) is 9.88. The molecule has 0 unspecified atom stereocenters. The minimum absolute atomic E-state index is 0.0515. The van der Waals surface area contributed by atoms with Crippen molar-refractivity contribution in [2.75, 3.05) is 20.1 Å². The average molecular weight is 288 g/mol. The number of fused-ring (bicyclic) bond motifs is 1. The van der Waals surface area contributed by atoms with Crippen LogP contribution in [0.1, 0.15) is 28.4 Å². The highest BCUT2D eigenvalue weighted by molar-refractivity contribution is 5.88. The summed E-state index contributed by atoms with van der Waals surface area (Å²) in [6, 6.07) is 5.07. The largest absolute Gasteiger partial charge is 0.478 e. The SMILES string of the molecule is C=C(C)CN(C)C(=O)N1CCc2ccc(C(=O)O)cc2C1. The molecule has 0 bridgehead atoms. The smallest absolute Gasteiger partial charge is 0.335 e. The number of carbonyl (C=O) groups is 2. The first kappa shape index (κ1) is 15.1. The standard InChI is InChI=1S/C16H20N2O3/c1-11(2)9-17(3)16(21)18-7-6-12-4-5-13(15(19)20)8-14(12)10-18/h4-5,8H,1,6-7,9-10H2,2-3H3,(H,19,20). The fraction of sp³-hybridized carbons (Fsp3) is 0.375. The van der Waals surface area contributed by atoms with E-state index in [-0.39, 0.29) is 11.6 Å². The van der Waals surface area contributed by atoms with E-state index in [1.807, 2.05) is 13.0 Å². The number of aromatic carboxylic acids is 1. The zero-order valence-electron chi connectivity index (χ0n) is 12.4. The zero-order chi connectivity index (χ0) is 15.6. The second-order valence-electron chi connectivity index (χ2n) is 5.56. The van der Waals surface area contributed by atoms with Gasteiger partial charge in [0.1, 0.15) is 0 Å². The number of nitrogens with zero attached hydrogens (tertiary/aromatic N) is 2. The molecule has 2 rings (SSSR count). The van der Waals surface area contributed by atoms with E-state index in [0.29, 0.717) is 19.6 Å².